The predicted molar refractivity (Wildman–Crippen MR) is 145 cm³/mol. The largest absolute Gasteiger partial charge is 0.408 e. The Labute approximate surface area is 240 Å². The summed E-state index contributed by atoms with van der Waals surface area (Å²) >= 11 is 5.93. The second kappa shape index (κ2) is 12.7. The molecule has 2 aromatic heterocycles. The number of aromatic nitrogens is 4. The molecule has 0 spiro atoms. The van der Waals surface area contributed by atoms with Crippen LogP contribution in [0, 0.1) is 11.6 Å². The van der Waals surface area contributed by atoms with Gasteiger partial charge in [-0.05, 0) is 37.6 Å². The summed E-state index contributed by atoms with van der Waals surface area (Å²) < 4.78 is 77.3. The van der Waals surface area contributed by atoms with Crippen molar-refractivity contribution in [2.75, 3.05) is 10.6 Å². The maximum absolute atomic E-state index is 15.4. The molecular weight excluding hydrogens is 587 g/mol. The SMILES string of the molecule is CCn1c(COCc2ccccc2)nn(-c2nc(N[C@@H](C)C(F)(F)F)c(C(=O)Nc3c(F)cccc3Cl)cc2F)c1=O. The number of carbonyl (C=O) groups is 1. The molecule has 1 amide bonds. The number of benzene rings is 2. The zero-order valence-electron chi connectivity index (χ0n) is 22.2. The second-order valence-corrected chi connectivity index (χ2v) is 9.39. The molecule has 0 bridgehead atoms. The molecule has 1 atom stereocenters. The third kappa shape index (κ3) is 6.77. The van der Waals surface area contributed by atoms with Gasteiger partial charge in [-0.3, -0.25) is 9.36 Å². The molecule has 0 saturated carbocycles. The van der Waals surface area contributed by atoms with E-state index in [-0.39, 0.29) is 30.6 Å². The van der Waals surface area contributed by atoms with Gasteiger partial charge in [-0.15, -0.1) is 5.10 Å². The Kier molecular flexibility index (Phi) is 9.27. The van der Waals surface area contributed by atoms with Gasteiger partial charge in [0, 0.05) is 6.54 Å². The zero-order valence-corrected chi connectivity index (χ0v) is 22.9. The van der Waals surface area contributed by atoms with E-state index in [0.717, 1.165) is 18.6 Å². The number of carbonyl (C=O) groups excluding carboxylic acids is 1. The first-order valence-corrected chi connectivity index (χ1v) is 12.9. The van der Waals surface area contributed by atoms with Crippen LogP contribution in [0.1, 0.15) is 35.6 Å². The van der Waals surface area contributed by atoms with Crippen molar-refractivity contribution < 1.29 is 31.5 Å². The van der Waals surface area contributed by atoms with E-state index in [1.54, 1.807) is 6.92 Å². The topological polar surface area (TPSA) is 103 Å². The average Bonchev–Trinajstić information content (AvgIpc) is 3.26. The predicted octanol–water partition coefficient (Wildman–Crippen LogP) is 5.71. The number of amides is 1. The summed E-state index contributed by atoms with van der Waals surface area (Å²) in [5.74, 6) is -4.80. The van der Waals surface area contributed by atoms with Crippen molar-refractivity contribution in [3.63, 3.8) is 0 Å². The Morgan fingerprint density at radius 1 is 1.07 bits per heavy atom. The molecule has 15 heteroatoms. The molecular formula is C27H24ClF5N6O3. The van der Waals surface area contributed by atoms with Gasteiger partial charge in [0.05, 0.1) is 22.9 Å². The number of hydrogen-bond donors (Lipinski definition) is 2. The van der Waals surface area contributed by atoms with E-state index in [2.05, 4.69) is 15.4 Å². The number of alkyl halides is 3. The Hall–Kier alpha value is -4.30. The number of anilines is 2. The molecule has 2 N–H and O–H groups in total. The lowest BCUT2D eigenvalue weighted by atomic mass is 10.2. The fourth-order valence-corrected chi connectivity index (χ4v) is 4.04. The monoisotopic (exact) mass is 610 g/mol. The van der Waals surface area contributed by atoms with Crippen molar-refractivity contribution in [3.05, 3.63) is 98.7 Å². The van der Waals surface area contributed by atoms with Crippen molar-refractivity contribution in [2.24, 2.45) is 0 Å². The summed E-state index contributed by atoms with van der Waals surface area (Å²) in [5.41, 5.74) is -1.16. The molecule has 2 heterocycles. The van der Waals surface area contributed by atoms with Crippen LogP contribution in [0.15, 0.2) is 59.4 Å². The second-order valence-electron chi connectivity index (χ2n) is 8.98. The molecule has 0 unspecified atom stereocenters. The zero-order chi connectivity index (χ0) is 30.6. The molecule has 0 fully saturated rings. The number of pyridine rings is 1. The van der Waals surface area contributed by atoms with Crippen LogP contribution < -0.4 is 16.3 Å². The summed E-state index contributed by atoms with van der Waals surface area (Å²) in [4.78, 5) is 30.0. The lowest BCUT2D eigenvalue weighted by Crippen LogP contribution is -2.35. The van der Waals surface area contributed by atoms with E-state index < -0.39 is 58.3 Å². The highest BCUT2D eigenvalue weighted by Crippen LogP contribution is 2.29. The number of nitrogens with zero attached hydrogens (tertiary/aromatic N) is 4. The number of para-hydroxylation sites is 1. The van der Waals surface area contributed by atoms with Crippen LogP contribution in [-0.4, -0.2) is 37.5 Å². The molecule has 0 aliphatic heterocycles. The minimum Gasteiger partial charge on any atom is -0.369 e. The highest BCUT2D eigenvalue weighted by Gasteiger charge is 2.37. The minimum atomic E-state index is -4.79. The summed E-state index contributed by atoms with van der Waals surface area (Å²) in [6, 6.07) is 11.0. The van der Waals surface area contributed by atoms with E-state index in [4.69, 9.17) is 16.3 Å². The molecule has 4 aromatic rings. The maximum Gasteiger partial charge on any atom is 0.408 e. The van der Waals surface area contributed by atoms with Gasteiger partial charge in [0.15, 0.2) is 17.5 Å². The number of nitrogens with one attached hydrogen (secondary N) is 2. The molecule has 0 aliphatic rings. The number of rotatable bonds is 10. The fraction of sp³-hybridized carbons (Fsp3) is 0.259. The van der Waals surface area contributed by atoms with Crippen LogP contribution in [0.3, 0.4) is 0 Å². The highest BCUT2D eigenvalue weighted by atomic mass is 35.5. The van der Waals surface area contributed by atoms with E-state index in [1.165, 1.54) is 16.7 Å². The van der Waals surface area contributed by atoms with Gasteiger partial charge in [0.25, 0.3) is 5.91 Å². The van der Waals surface area contributed by atoms with Gasteiger partial charge in [-0.25, -0.2) is 18.6 Å². The van der Waals surface area contributed by atoms with Crippen molar-refractivity contribution in [1.82, 2.24) is 19.3 Å². The summed E-state index contributed by atoms with van der Waals surface area (Å²) in [6.07, 6.45) is -4.79. The van der Waals surface area contributed by atoms with Crippen LogP contribution >= 0.6 is 11.6 Å². The van der Waals surface area contributed by atoms with Crippen molar-refractivity contribution in [3.8, 4) is 5.82 Å². The summed E-state index contributed by atoms with van der Waals surface area (Å²) in [7, 11) is 0. The van der Waals surface area contributed by atoms with Gasteiger partial charge >= 0.3 is 11.9 Å². The third-order valence-corrected chi connectivity index (χ3v) is 6.36. The normalized spacial score (nSPS) is 12.3. The number of ether oxygens (including phenoxy) is 1. The van der Waals surface area contributed by atoms with Crippen LogP contribution in [0.25, 0.3) is 5.82 Å². The summed E-state index contributed by atoms with van der Waals surface area (Å²) in [6.45, 7) is 2.55. The first kappa shape index (κ1) is 30.7. The van der Waals surface area contributed by atoms with E-state index in [0.29, 0.717) is 10.7 Å². The Balaban J connectivity index is 1.73. The van der Waals surface area contributed by atoms with E-state index >= 15 is 4.39 Å². The molecule has 9 nitrogen and oxygen atoms in total. The lowest BCUT2D eigenvalue weighted by molar-refractivity contribution is -0.138. The quantitative estimate of drug-likeness (QED) is 0.223. The first-order chi connectivity index (χ1) is 19.9. The van der Waals surface area contributed by atoms with Crippen LogP contribution in [-0.2, 0) is 24.5 Å². The molecule has 42 heavy (non-hydrogen) atoms. The molecule has 0 radical (unpaired) electrons. The van der Waals surface area contributed by atoms with Crippen molar-refractivity contribution in [1.29, 1.82) is 0 Å². The Bertz CT molecular complexity index is 1620. The van der Waals surface area contributed by atoms with Gasteiger partial charge < -0.3 is 15.4 Å². The first-order valence-electron chi connectivity index (χ1n) is 12.5. The van der Waals surface area contributed by atoms with Crippen LogP contribution in [0.4, 0.5) is 33.5 Å². The van der Waals surface area contributed by atoms with Crippen LogP contribution in [0.5, 0.6) is 0 Å². The maximum atomic E-state index is 15.4. The van der Waals surface area contributed by atoms with Crippen molar-refractivity contribution >= 4 is 29.0 Å². The average molecular weight is 611 g/mol. The highest BCUT2D eigenvalue weighted by molar-refractivity contribution is 6.34. The fourth-order valence-electron chi connectivity index (χ4n) is 3.83. The molecule has 222 valence electrons. The van der Waals surface area contributed by atoms with Gasteiger partial charge in [0.2, 0.25) is 0 Å². The lowest BCUT2D eigenvalue weighted by Gasteiger charge is -2.20. The molecule has 0 aliphatic carbocycles. The van der Waals surface area contributed by atoms with Gasteiger partial charge in [0.1, 0.15) is 24.3 Å². The molecule has 4 rings (SSSR count). The third-order valence-electron chi connectivity index (χ3n) is 6.05. The van der Waals surface area contributed by atoms with Crippen molar-refractivity contribution in [2.45, 2.75) is 45.8 Å². The van der Waals surface area contributed by atoms with Crippen LogP contribution in [0.2, 0.25) is 5.02 Å². The minimum absolute atomic E-state index is 0.105. The standard InChI is InChI=1S/C27H24ClF5N6O3/c1-3-38-21(14-42-13-16-8-5-4-6-9-16)37-39(26(38)41)24-20(30)12-17(23(36-24)34-15(2)27(31,32)33)25(40)35-22-18(28)10-7-11-19(22)29/h4-12,15H,3,13-14H2,1-2H3,(H,34,36)(H,35,40)/t15-/m0/s1. The molecule has 2 aromatic carbocycles. The van der Waals surface area contributed by atoms with Gasteiger partial charge in [-0.1, -0.05) is 48.0 Å². The van der Waals surface area contributed by atoms with Gasteiger partial charge in [-0.2, -0.15) is 17.9 Å². The smallest absolute Gasteiger partial charge is 0.369 e. The van der Waals surface area contributed by atoms with E-state index in [9.17, 15) is 27.2 Å². The number of halogens is 6. The Morgan fingerprint density at radius 3 is 2.43 bits per heavy atom. The van der Waals surface area contributed by atoms with E-state index in [1.807, 2.05) is 35.6 Å². The number of hydrogen-bond acceptors (Lipinski definition) is 6. The summed E-state index contributed by atoms with van der Waals surface area (Å²) in [5, 5.41) is 8.05. The Morgan fingerprint density at radius 2 is 1.79 bits per heavy atom. The molecule has 0 saturated heterocycles.